The molecule has 1 aliphatic heterocycles. The molecule has 0 aliphatic carbocycles. The van der Waals surface area contributed by atoms with E-state index in [2.05, 4.69) is 26.3 Å². The maximum absolute atomic E-state index is 8.75. The van der Waals surface area contributed by atoms with Crippen molar-refractivity contribution in [3.63, 3.8) is 0 Å². The highest BCUT2D eigenvalue weighted by molar-refractivity contribution is 6.42. The highest BCUT2D eigenvalue weighted by Gasteiger charge is 2.22. The topological polar surface area (TPSA) is 92.5 Å². The molecule has 8 nitrogen and oxygen atoms in total. The van der Waals surface area contributed by atoms with E-state index in [0.29, 0.717) is 52.5 Å². The second kappa shape index (κ2) is 11.5. The van der Waals surface area contributed by atoms with Gasteiger partial charge in [-0.25, -0.2) is 9.97 Å². The molecule has 1 aliphatic rings. The molecular formula is C24H25Cl2N5O3. The van der Waals surface area contributed by atoms with E-state index in [1.807, 2.05) is 18.2 Å². The van der Waals surface area contributed by atoms with E-state index in [-0.39, 0.29) is 6.10 Å². The summed E-state index contributed by atoms with van der Waals surface area (Å²) in [7, 11) is 1.60. The first-order chi connectivity index (χ1) is 16.6. The van der Waals surface area contributed by atoms with E-state index >= 15 is 0 Å². The molecule has 3 aromatic rings. The van der Waals surface area contributed by atoms with Gasteiger partial charge in [0.1, 0.15) is 24.9 Å². The first-order valence-electron chi connectivity index (χ1n) is 11.0. The highest BCUT2D eigenvalue weighted by Crippen LogP contribution is 2.35. The molecule has 1 N–H and O–H groups in total. The lowest BCUT2D eigenvalue weighted by Gasteiger charge is -2.32. The molecule has 0 amide bonds. The average Bonchev–Trinajstić information content (AvgIpc) is 2.85. The van der Waals surface area contributed by atoms with Crippen molar-refractivity contribution < 1.29 is 14.2 Å². The number of benzene rings is 2. The molecule has 0 bridgehead atoms. The van der Waals surface area contributed by atoms with Crippen molar-refractivity contribution in [3.05, 3.63) is 46.7 Å². The Labute approximate surface area is 208 Å². The predicted molar refractivity (Wildman–Crippen MR) is 132 cm³/mol. The fourth-order valence-electron chi connectivity index (χ4n) is 3.80. The minimum atomic E-state index is -0.0616. The molecule has 1 atom stereocenters. The van der Waals surface area contributed by atoms with Crippen LogP contribution in [-0.2, 0) is 4.74 Å². The van der Waals surface area contributed by atoms with E-state index in [4.69, 9.17) is 42.7 Å². The molecule has 10 heteroatoms. The summed E-state index contributed by atoms with van der Waals surface area (Å²) in [5.74, 6) is 1.76. The summed E-state index contributed by atoms with van der Waals surface area (Å²) in [6.07, 6.45) is 2.85. The van der Waals surface area contributed by atoms with Crippen LogP contribution in [0.5, 0.6) is 11.5 Å². The maximum Gasteiger partial charge on any atom is 0.163 e. The molecule has 4 rings (SSSR count). The molecule has 1 fully saturated rings. The van der Waals surface area contributed by atoms with E-state index in [0.717, 1.165) is 37.1 Å². The number of morpholine rings is 1. The van der Waals surface area contributed by atoms with Crippen LogP contribution in [0.3, 0.4) is 0 Å². The first kappa shape index (κ1) is 24.3. The van der Waals surface area contributed by atoms with Gasteiger partial charge in [0.2, 0.25) is 0 Å². The predicted octanol–water partition coefficient (Wildman–Crippen LogP) is 5.07. The van der Waals surface area contributed by atoms with Gasteiger partial charge in [0.25, 0.3) is 0 Å². The van der Waals surface area contributed by atoms with Crippen molar-refractivity contribution in [1.29, 1.82) is 5.26 Å². The number of halogens is 2. The molecule has 0 spiro atoms. The van der Waals surface area contributed by atoms with Crippen molar-refractivity contribution >= 4 is 45.6 Å². The summed E-state index contributed by atoms with van der Waals surface area (Å²) in [6.45, 7) is 3.55. The third kappa shape index (κ3) is 5.99. The maximum atomic E-state index is 8.75. The average molecular weight is 502 g/mol. The lowest BCUT2D eigenvalue weighted by Crippen LogP contribution is -2.45. The van der Waals surface area contributed by atoms with E-state index in [1.165, 1.54) is 6.33 Å². The Balaban J connectivity index is 1.48. The quantitative estimate of drug-likeness (QED) is 0.406. The van der Waals surface area contributed by atoms with Gasteiger partial charge >= 0.3 is 0 Å². The standard InChI is InChI=1S/C24H25Cl2N5O3/c1-32-22-11-18-21(28-15-29-24(18)30-16-4-5-19(25)20(26)10-16)12-23(22)34-14-17-13-31(8-9-33-17)7-3-2-6-27/h4-5,10-12,15,17H,2-3,7-9,13-14H2,1H3,(H,28,29,30). The molecular weight excluding hydrogens is 477 g/mol. The third-order valence-electron chi connectivity index (χ3n) is 5.51. The van der Waals surface area contributed by atoms with Gasteiger partial charge < -0.3 is 19.5 Å². The van der Waals surface area contributed by atoms with Crippen LogP contribution in [0.1, 0.15) is 12.8 Å². The van der Waals surface area contributed by atoms with Gasteiger partial charge in [-0.2, -0.15) is 5.26 Å². The second-order valence-electron chi connectivity index (χ2n) is 7.86. The number of rotatable bonds is 9. The van der Waals surface area contributed by atoms with E-state index in [9.17, 15) is 0 Å². The largest absolute Gasteiger partial charge is 0.493 e. The van der Waals surface area contributed by atoms with Crippen LogP contribution in [0.25, 0.3) is 10.9 Å². The fraction of sp³-hybridized carbons (Fsp3) is 0.375. The van der Waals surface area contributed by atoms with Crippen molar-refractivity contribution in [2.45, 2.75) is 18.9 Å². The Morgan fingerprint density at radius 3 is 2.88 bits per heavy atom. The lowest BCUT2D eigenvalue weighted by atomic mass is 10.2. The number of unbranched alkanes of at least 4 members (excludes halogenated alkanes) is 1. The number of fused-ring (bicyclic) bond motifs is 1. The summed E-state index contributed by atoms with van der Waals surface area (Å²) in [6, 6.07) is 11.2. The lowest BCUT2D eigenvalue weighted by molar-refractivity contribution is -0.0482. The zero-order valence-electron chi connectivity index (χ0n) is 18.8. The van der Waals surface area contributed by atoms with Crippen molar-refractivity contribution in [3.8, 4) is 17.6 Å². The number of nitrogens with one attached hydrogen (secondary N) is 1. The van der Waals surface area contributed by atoms with Crippen LogP contribution in [0.2, 0.25) is 10.0 Å². The van der Waals surface area contributed by atoms with E-state index in [1.54, 1.807) is 19.2 Å². The number of hydrogen-bond acceptors (Lipinski definition) is 8. The van der Waals surface area contributed by atoms with Gasteiger partial charge in [-0.1, -0.05) is 23.2 Å². The molecule has 2 aromatic carbocycles. The molecule has 2 heterocycles. The minimum Gasteiger partial charge on any atom is -0.493 e. The number of methoxy groups -OCH3 is 1. The van der Waals surface area contributed by atoms with Gasteiger partial charge in [0, 0.05) is 36.7 Å². The molecule has 34 heavy (non-hydrogen) atoms. The van der Waals surface area contributed by atoms with Crippen molar-refractivity contribution in [2.75, 3.05) is 45.3 Å². The third-order valence-corrected chi connectivity index (χ3v) is 6.25. The minimum absolute atomic E-state index is 0.0616. The Bertz CT molecular complexity index is 1190. The molecule has 1 unspecified atom stereocenters. The number of ether oxygens (including phenoxy) is 3. The van der Waals surface area contributed by atoms with Crippen LogP contribution in [0, 0.1) is 11.3 Å². The molecule has 0 radical (unpaired) electrons. The molecule has 178 valence electrons. The Kier molecular flexibility index (Phi) is 8.25. The molecule has 1 aromatic heterocycles. The molecule has 0 saturated carbocycles. The fourth-order valence-corrected chi connectivity index (χ4v) is 4.09. The number of nitrogens with zero attached hydrogens (tertiary/aromatic N) is 4. The summed E-state index contributed by atoms with van der Waals surface area (Å²) in [5, 5.41) is 13.7. The Hall–Kier alpha value is -2.83. The molecule has 1 saturated heterocycles. The van der Waals surface area contributed by atoms with Crippen LogP contribution in [0.4, 0.5) is 11.5 Å². The monoisotopic (exact) mass is 501 g/mol. The normalized spacial score (nSPS) is 16.2. The zero-order valence-corrected chi connectivity index (χ0v) is 20.3. The SMILES string of the molecule is COc1cc2c(Nc3ccc(Cl)c(Cl)c3)ncnc2cc1OCC1CN(CCCC#N)CCO1. The van der Waals surface area contributed by atoms with Crippen LogP contribution in [0.15, 0.2) is 36.7 Å². The van der Waals surface area contributed by atoms with Gasteiger partial charge in [-0.05, 0) is 37.2 Å². The zero-order chi connectivity index (χ0) is 23.9. The summed E-state index contributed by atoms with van der Waals surface area (Å²) in [4.78, 5) is 11.1. The van der Waals surface area contributed by atoms with Gasteiger partial charge in [0.15, 0.2) is 11.5 Å². The smallest absolute Gasteiger partial charge is 0.163 e. The van der Waals surface area contributed by atoms with Crippen molar-refractivity contribution in [1.82, 2.24) is 14.9 Å². The van der Waals surface area contributed by atoms with Crippen molar-refractivity contribution in [2.24, 2.45) is 0 Å². The van der Waals surface area contributed by atoms with Crippen LogP contribution in [-0.4, -0.2) is 60.9 Å². The Morgan fingerprint density at radius 1 is 1.21 bits per heavy atom. The number of anilines is 2. The highest BCUT2D eigenvalue weighted by atomic mass is 35.5. The van der Waals surface area contributed by atoms with Crippen LogP contribution < -0.4 is 14.8 Å². The van der Waals surface area contributed by atoms with Gasteiger partial charge in [-0.15, -0.1) is 0 Å². The summed E-state index contributed by atoms with van der Waals surface area (Å²) in [5.41, 5.74) is 1.46. The first-order valence-corrected chi connectivity index (χ1v) is 11.7. The van der Waals surface area contributed by atoms with Gasteiger partial charge in [0.05, 0.1) is 35.3 Å². The summed E-state index contributed by atoms with van der Waals surface area (Å²) >= 11 is 12.2. The number of hydrogen-bond donors (Lipinski definition) is 1. The second-order valence-corrected chi connectivity index (χ2v) is 8.68. The Morgan fingerprint density at radius 2 is 2.09 bits per heavy atom. The summed E-state index contributed by atoms with van der Waals surface area (Å²) < 4.78 is 17.6. The number of nitriles is 1. The van der Waals surface area contributed by atoms with Crippen LogP contribution >= 0.6 is 23.2 Å². The van der Waals surface area contributed by atoms with E-state index < -0.39 is 0 Å². The number of aromatic nitrogens is 2. The van der Waals surface area contributed by atoms with Gasteiger partial charge in [-0.3, -0.25) is 4.90 Å².